The molecule has 4 heteroatoms. The monoisotopic (exact) mass is 224 g/mol. The zero-order valence-corrected chi connectivity index (χ0v) is 9.11. The number of carbonyl (C=O) groups is 1. The van der Waals surface area contributed by atoms with Crippen LogP contribution in [0.15, 0.2) is 35.2 Å². The average Bonchev–Trinajstić information content (AvgIpc) is 2.47. The lowest BCUT2D eigenvalue weighted by Crippen LogP contribution is -2.21. The smallest absolute Gasteiger partial charge is 0.312 e. The molecule has 1 heterocycles. The predicted molar refractivity (Wildman–Crippen MR) is 57.3 cm³/mol. The summed E-state index contributed by atoms with van der Waals surface area (Å²) in [5, 5.41) is 9.32. The van der Waals surface area contributed by atoms with Crippen molar-refractivity contribution in [2.45, 2.75) is 23.4 Å². The fraction of sp³-hybridized carbons (Fsp3) is 0.364. The van der Waals surface area contributed by atoms with Gasteiger partial charge in [0.2, 0.25) is 6.29 Å². The summed E-state index contributed by atoms with van der Waals surface area (Å²) in [5.74, 6) is -0.582. The van der Waals surface area contributed by atoms with Crippen molar-refractivity contribution < 1.29 is 14.6 Å². The van der Waals surface area contributed by atoms with Crippen molar-refractivity contribution in [2.24, 2.45) is 5.92 Å². The second-order valence-corrected chi connectivity index (χ2v) is 4.76. The highest BCUT2D eigenvalue weighted by Gasteiger charge is 2.41. The second-order valence-electron chi connectivity index (χ2n) is 3.51. The number of aliphatic hydroxyl groups is 1. The van der Waals surface area contributed by atoms with Crippen molar-refractivity contribution in [2.75, 3.05) is 0 Å². The topological polar surface area (TPSA) is 46.5 Å². The average molecular weight is 224 g/mol. The highest BCUT2D eigenvalue weighted by molar-refractivity contribution is 8.00. The summed E-state index contributed by atoms with van der Waals surface area (Å²) in [6.07, 6.45) is -0.988. The molecule has 1 saturated heterocycles. The Balaban J connectivity index is 2.09. The molecule has 0 bridgehead atoms. The summed E-state index contributed by atoms with van der Waals surface area (Å²) in [6, 6.07) is 9.69. The number of hydrogen-bond acceptors (Lipinski definition) is 4. The first-order valence-corrected chi connectivity index (χ1v) is 5.67. The third-order valence-corrected chi connectivity index (χ3v) is 3.86. The largest absolute Gasteiger partial charge is 0.434 e. The summed E-state index contributed by atoms with van der Waals surface area (Å²) in [4.78, 5) is 12.2. The molecule has 1 aliphatic rings. The van der Waals surface area contributed by atoms with Gasteiger partial charge in [-0.2, -0.15) is 0 Å². The zero-order valence-electron chi connectivity index (χ0n) is 8.29. The predicted octanol–water partition coefficient (Wildman–Crippen LogP) is 1.66. The maximum Gasteiger partial charge on any atom is 0.312 e. The van der Waals surface area contributed by atoms with Crippen LogP contribution in [0.1, 0.15) is 6.92 Å². The number of aliphatic hydroxyl groups excluding tert-OH is 1. The number of thioether (sulfide) groups is 1. The van der Waals surface area contributed by atoms with Gasteiger partial charge in [-0.05, 0) is 12.1 Å². The van der Waals surface area contributed by atoms with Crippen molar-refractivity contribution in [3.05, 3.63) is 30.3 Å². The van der Waals surface area contributed by atoms with Crippen LogP contribution in [-0.2, 0) is 9.53 Å². The molecule has 0 aromatic heterocycles. The van der Waals surface area contributed by atoms with Gasteiger partial charge in [-0.25, -0.2) is 0 Å². The quantitative estimate of drug-likeness (QED) is 0.776. The first-order valence-electron chi connectivity index (χ1n) is 4.79. The SMILES string of the molecule is C[C@@H]1C(=O)O[C@H](O)[C@H]1Sc1ccccc1. The van der Waals surface area contributed by atoms with Crippen molar-refractivity contribution in [3.8, 4) is 0 Å². The molecule has 1 aliphatic heterocycles. The van der Waals surface area contributed by atoms with Crippen molar-refractivity contribution in [3.63, 3.8) is 0 Å². The molecule has 15 heavy (non-hydrogen) atoms. The van der Waals surface area contributed by atoms with E-state index in [0.717, 1.165) is 4.90 Å². The number of ether oxygens (including phenoxy) is 1. The molecule has 2 rings (SSSR count). The Morgan fingerprint density at radius 3 is 2.53 bits per heavy atom. The Hall–Kier alpha value is -1.00. The molecule has 0 spiro atoms. The number of cyclic esters (lactones) is 1. The highest BCUT2D eigenvalue weighted by Crippen LogP contribution is 2.35. The van der Waals surface area contributed by atoms with Crippen LogP contribution >= 0.6 is 11.8 Å². The van der Waals surface area contributed by atoms with E-state index in [9.17, 15) is 9.90 Å². The van der Waals surface area contributed by atoms with E-state index in [4.69, 9.17) is 4.74 Å². The number of esters is 1. The Labute approximate surface area is 92.4 Å². The van der Waals surface area contributed by atoms with E-state index in [2.05, 4.69) is 0 Å². The molecule has 0 unspecified atom stereocenters. The van der Waals surface area contributed by atoms with Gasteiger partial charge in [0.25, 0.3) is 0 Å². The summed E-state index contributed by atoms with van der Waals surface area (Å²) in [5.41, 5.74) is 0. The Bertz CT molecular complexity index is 352. The third kappa shape index (κ3) is 2.16. The van der Waals surface area contributed by atoms with E-state index in [1.54, 1.807) is 6.92 Å². The van der Waals surface area contributed by atoms with Gasteiger partial charge in [-0.3, -0.25) is 4.79 Å². The van der Waals surface area contributed by atoms with Gasteiger partial charge in [0.05, 0.1) is 11.2 Å². The lowest BCUT2D eigenvalue weighted by atomic mass is 10.1. The van der Waals surface area contributed by atoms with Crippen LogP contribution in [0.2, 0.25) is 0 Å². The van der Waals surface area contributed by atoms with Crippen molar-refractivity contribution >= 4 is 17.7 Å². The molecule has 3 atom stereocenters. The van der Waals surface area contributed by atoms with E-state index in [1.807, 2.05) is 30.3 Å². The van der Waals surface area contributed by atoms with Crippen LogP contribution in [0.25, 0.3) is 0 Å². The highest BCUT2D eigenvalue weighted by atomic mass is 32.2. The van der Waals surface area contributed by atoms with Gasteiger partial charge < -0.3 is 9.84 Å². The normalized spacial score (nSPS) is 30.3. The lowest BCUT2D eigenvalue weighted by Gasteiger charge is -2.13. The zero-order chi connectivity index (χ0) is 10.8. The number of hydrogen-bond donors (Lipinski definition) is 1. The minimum Gasteiger partial charge on any atom is -0.434 e. The summed E-state index contributed by atoms with van der Waals surface area (Å²) in [6.45, 7) is 1.78. The van der Waals surface area contributed by atoms with E-state index in [-0.39, 0.29) is 17.1 Å². The van der Waals surface area contributed by atoms with E-state index in [1.165, 1.54) is 11.8 Å². The van der Waals surface area contributed by atoms with Gasteiger partial charge in [0.1, 0.15) is 0 Å². The molecule has 1 aromatic rings. The van der Waals surface area contributed by atoms with Crippen molar-refractivity contribution in [1.82, 2.24) is 0 Å². The van der Waals surface area contributed by atoms with Crippen LogP contribution in [0.3, 0.4) is 0 Å². The molecule has 0 radical (unpaired) electrons. The van der Waals surface area contributed by atoms with Gasteiger partial charge >= 0.3 is 5.97 Å². The van der Waals surface area contributed by atoms with Crippen LogP contribution in [-0.4, -0.2) is 22.6 Å². The van der Waals surface area contributed by atoms with Crippen LogP contribution in [0.4, 0.5) is 0 Å². The van der Waals surface area contributed by atoms with Crippen LogP contribution in [0.5, 0.6) is 0 Å². The molecule has 1 aromatic carbocycles. The molecular weight excluding hydrogens is 212 g/mol. The van der Waals surface area contributed by atoms with E-state index < -0.39 is 6.29 Å². The lowest BCUT2D eigenvalue weighted by molar-refractivity contribution is -0.154. The number of carbonyl (C=O) groups excluding carboxylic acids is 1. The summed E-state index contributed by atoms with van der Waals surface area (Å²) in [7, 11) is 0. The molecular formula is C11H12O3S. The maximum atomic E-state index is 11.2. The Morgan fingerprint density at radius 2 is 2.00 bits per heavy atom. The number of rotatable bonds is 2. The van der Waals surface area contributed by atoms with Crippen LogP contribution in [0, 0.1) is 5.92 Å². The molecule has 1 fully saturated rings. The molecule has 0 aliphatic carbocycles. The standard InChI is InChI=1S/C11H12O3S/c1-7-9(11(13)14-10(7)12)15-8-5-3-2-4-6-8/h2-7,9,11,13H,1H3/t7-,9-,11-/m0/s1. The van der Waals surface area contributed by atoms with Gasteiger partial charge in [0.15, 0.2) is 0 Å². The Kier molecular flexibility index (Phi) is 2.98. The summed E-state index contributed by atoms with van der Waals surface area (Å²) >= 11 is 1.48. The van der Waals surface area contributed by atoms with E-state index in [0.29, 0.717) is 0 Å². The fourth-order valence-corrected chi connectivity index (χ4v) is 2.61. The number of benzene rings is 1. The molecule has 1 N–H and O–H groups in total. The molecule has 80 valence electrons. The van der Waals surface area contributed by atoms with Gasteiger partial charge in [0, 0.05) is 4.90 Å². The minimum atomic E-state index is -0.988. The third-order valence-electron chi connectivity index (χ3n) is 2.40. The first-order chi connectivity index (χ1) is 7.18. The molecule has 3 nitrogen and oxygen atoms in total. The minimum absolute atomic E-state index is 0.208. The second kappa shape index (κ2) is 4.24. The first kappa shape index (κ1) is 10.5. The fourth-order valence-electron chi connectivity index (χ4n) is 1.49. The molecule has 0 saturated carbocycles. The van der Waals surface area contributed by atoms with E-state index >= 15 is 0 Å². The summed E-state index contributed by atoms with van der Waals surface area (Å²) < 4.78 is 4.75. The molecule has 0 amide bonds. The van der Waals surface area contributed by atoms with Crippen molar-refractivity contribution in [1.29, 1.82) is 0 Å². The van der Waals surface area contributed by atoms with Gasteiger partial charge in [-0.1, -0.05) is 25.1 Å². The maximum absolute atomic E-state index is 11.2. The van der Waals surface area contributed by atoms with Crippen LogP contribution < -0.4 is 0 Å². The Morgan fingerprint density at radius 1 is 1.33 bits per heavy atom. The van der Waals surface area contributed by atoms with Gasteiger partial charge in [-0.15, -0.1) is 11.8 Å².